The third-order valence-electron chi connectivity index (χ3n) is 4.42. The molecule has 0 amide bonds. The van der Waals surface area contributed by atoms with Crippen LogP contribution in [-0.4, -0.2) is 5.11 Å². The van der Waals surface area contributed by atoms with Crippen LogP contribution in [0.25, 0.3) is 5.70 Å². The van der Waals surface area contributed by atoms with Crippen molar-refractivity contribution in [2.24, 2.45) is 0 Å². The first-order chi connectivity index (χ1) is 11.1. The molecular weight excluding hydrogens is 331 g/mol. The third-order valence-corrected chi connectivity index (χ3v) is 4.97. The summed E-state index contributed by atoms with van der Waals surface area (Å²) < 4.78 is 14.4. The Hall–Kier alpha value is -1.91. The molecule has 5 heteroatoms. The predicted octanol–water partition coefficient (Wildman–Crippen LogP) is 4.36. The SMILES string of the molecule is Fc1cccc(Cl)c1[C@H]1NC(=S)NC2=C1CCc1ccccc12. The Balaban J connectivity index is 1.91. The van der Waals surface area contributed by atoms with Crippen LogP contribution < -0.4 is 10.6 Å². The van der Waals surface area contributed by atoms with Gasteiger partial charge in [-0.1, -0.05) is 41.9 Å². The molecule has 1 aliphatic carbocycles. The zero-order valence-electron chi connectivity index (χ0n) is 12.2. The second-order valence-corrected chi connectivity index (χ2v) is 6.54. The van der Waals surface area contributed by atoms with E-state index in [-0.39, 0.29) is 11.9 Å². The average Bonchev–Trinajstić information content (AvgIpc) is 2.54. The summed E-state index contributed by atoms with van der Waals surface area (Å²) in [5, 5.41) is 7.34. The van der Waals surface area contributed by atoms with E-state index >= 15 is 0 Å². The normalized spacial score (nSPS) is 19.6. The van der Waals surface area contributed by atoms with Crippen molar-refractivity contribution in [2.75, 3.05) is 0 Å². The topological polar surface area (TPSA) is 24.1 Å². The van der Waals surface area contributed by atoms with Crippen molar-refractivity contribution in [2.45, 2.75) is 18.9 Å². The molecular formula is C18H14ClFN2S. The average molecular weight is 345 g/mol. The lowest BCUT2D eigenvalue weighted by atomic mass is 9.83. The van der Waals surface area contributed by atoms with Crippen LogP contribution in [0.3, 0.4) is 0 Å². The minimum absolute atomic E-state index is 0.314. The Kier molecular flexibility index (Phi) is 3.58. The first kappa shape index (κ1) is 14.7. The van der Waals surface area contributed by atoms with Crippen molar-refractivity contribution in [1.82, 2.24) is 10.6 Å². The maximum atomic E-state index is 14.4. The Morgan fingerprint density at radius 1 is 1.09 bits per heavy atom. The Morgan fingerprint density at radius 3 is 2.74 bits per heavy atom. The van der Waals surface area contributed by atoms with Gasteiger partial charge in [0.1, 0.15) is 5.82 Å². The third kappa shape index (κ3) is 2.42. The molecule has 1 aliphatic heterocycles. The lowest BCUT2D eigenvalue weighted by Crippen LogP contribution is -2.44. The van der Waals surface area contributed by atoms with Crippen LogP contribution in [0.15, 0.2) is 48.0 Å². The van der Waals surface area contributed by atoms with Gasteiger partial charge in [0.2, 0.25) is 0 Å². The number of nitrogens with one attached hydrogen (secondary N) is 2. The standard InChI is InChI=1S/C18H14ClFN2S/c19-13-6-3-7-14(20)15(13)17-12-9-8-10-4-1-2-5-11(10)16(12)21-18(23)22-17/h1-7,17H,8-9H2,(H2,21,22,23)/t17-/m0/s1. The molecule has 0 aromatic heterocycles. The zero-order chi connectivity index (χ0) is 16.0. The summed E-state index contributed by atoms with van der Waals surface area (Å²) in [7, 11) is 0. The molecule has 4 rings (SSSR count). The van der Waals surface area contributed by atoms with Gasteiger partial charge in [-0.2, -0.15) is 0 Å². The highest BCUT2D eigenvalue weighted by Crippen LogP contribution is 2.41. The summed E-state index contributed by atoms with van der Waals surface area (Å²) in [6.07, 6.45) is 1.76. The summed E-state index contributed by atoms with van der Waals surface area (Å²) in [6, 6.07) is 12.7. The number of aryl methyl sites for hydroxylation is 1. The van der Waals surface area contributed by atoms with E-state index in [1.54, 1.807) is 12.1 Å². The molecule has 23 heavy (non-hydrogen) atoms. The Labute approximate surface area is 144 Å². The Morgan fingerprint density at radius 2 is 1.91 bits per heavy atom. The number of hydrogen-bond donors (Lipinski definition) is 2. The summed E-state index contributed by atoms with van der Waals surface area (Å²) in [5.41, 5.74) is 4.96. The van der Waals surface area contributed by atoms with E-state index in [1.165, 1.54) is 11.6 Å². The van der Waals surface area contributed by atoms with Gasteiger partial charge in [-0.05, 0) is 48.3 Å². The van der Waals surface area contributed by atoms with Crippen LogP contribution in [0, 0.1) is 5.82 Å². The van der Waals surface area contributed by atoms with Gasteiger partial charge in [-0.3, -0.25) is 0 Å². The fourth-order valence-electron chi connectivity index (χ4n) is 3.39. The lowest BCUT2D eigenvalue weighted by molar-refractivity contribution is 0.573. The molecule has 0 spiro atoms. The van der Waals surface area contributed by atoms with Gasteiger partial charge in [0, 0.05) is 21.8 Å². The second-order valence-electron chi connectivity index (χ2n) is 5.72. The van der Waals surface area contributed by atoms with Gasteiger partial charge in [0.25, 0.3) is 0 Å². The zero-order valence-corrected chi connectivity index (χ0v) is 13.8. The van der Waals surface area contributed by atoms with Gasteiger partial charge < -0.3 is 10.6 Å². The van der Waals surface area contributed by atoms with Gasteiger partial charge in [-0.25, -0.2) is 4.39 Å². The molecule has 0 radical (unpaired) electrons. The summed E-state index contributed by atoms with van der Waals surface area (Å²) in [6.45, 7) is 0. The molecule has 2 nitrogen and oxygen atoms in total. The molecule has 2 aliphatic rings. The minimum Gasteiger partial charge on any atom is -0.352 e. The Bertz CT molecular complexity index is 826. The van der Waals surface area contributed by atoms with E-state index in [4.69, 9.17) is 23.8 Å². The molecule has 1 heterocycles. The molecule has 2 aromatic carbocycles. The van der Waals surface area contributed by atoms with Crippen molar-refractivity contribution in [3.05, 3.63) is 75.6 Å². The first-order valence-corrected chi connectivity index (χ1v) is 8.26. The van der Waals surface area contributed by atoms with Crippen LogP contribution in [0.1, 0.15) is 29.2 Å². The maximum Gasteiger partial charge on any atom is 0.171 e. The fourth-order valence-corrected chi connectivity index (χ4v) is 3.88. The van der Waals surface area contributed by atoms with Gasteiger partial charge >= 0.3 is 0 Å². The smallest absolute Gasteiger partial charge is 0.171 e. The van der Waals surface area contributed by atoms with E-state index in [0.717, 1.165) is 29.7 Å². The van der Waals surface area contributed by atoms with Crippen LogP contribution in [0.2, 0.25) is 5.02 Å². The molecule has 0 saturated carbocycles. The van der Waals surface area contributed by atoms with Crippen molar-refractivity contribution in [3.8, 4) is 0 Å². The number of rotatable bonds is 1. The van der Waals surface area contributed by atoms with Gasteiger partial charge in [-0.15, -0.1) is 0 Å². The lowest BCUT2D eigenvalue weighted by Gasteiger charge is -2.36. The highest BCUT2D eigenvalue weighted by atomic mass is 35.5. The van der Waals surface area contributed by atoms with Crippen LogP contribution in [0.4, 0.5) is 4.39 Å². The van der Waals surface area contributed by atoms with E-state index in [2.05, 4.69) is 22.8 Å². The van der Waals surface area contributed by atoms with E-state index in [1.807, 2.05) is 12.1 Å². The van der Waals surface area contributed by atoms with E-state index in [9.17, 15) is 4.39 Å². The molecule has 116 valence electrons. The van der Waals surface area contributed by atoms with E-state index in [0.29, 0.717) is 15.7 Å². The van der Waals surface area contributed by atoms with E-state index < -0.39 is 0 Å². The number of benzene rings is 2. The maximum absolute atomic E-state index is 14.4. The van der Waals surface area contributed by atoms with Crippen molar-refractivity contribution >= 4 is 34.6 Å². The molecule has 2 aromatic rings. The van der Waals surface area contributed by atoms with Crippen molar-refractivity contribution in [1.29, 1.82) is 0 Å². The molecule has 0 bridgehead atoms. The van der Waals surface area contributed by atoms with Crippen molar-refractivity contribution < 1.29 is 4.39 Å². The predicted molar refractivity (Wildman–Crippen MR) is 94.7 cm³/mol. The number of thiocarbonyl (C=S) groups is 1. The van der Waals surface area contributed by atoms with Crippen molar-refractivity contribution in [3.63, 3.8) is 0 Å². The van der Waals surface area contributed by atoms with Crippen LogP contribution in [0.5, 0.6) is 0 Å². The van der Waals surface area contributed by atoms with Crippen LogP contribution in [-0.2, 0) is 6.42 Å². The number of halogens is 2. The highest BCUT2D eigenvalue weighted by Gasteiger charge is 2.33. The summed E-state index contributed by atoms with van der Waals surface area (Å²) in [5.74, 6) is -0.314. The first-order valence-electron chi connectivity index (χ1n) is 7.48. The molecule has 0 unspecified atom stereocenters. The highest BCUT2D eigenvalue weighted by molar-refractivity contribution is 7.80. The molecule has 0 saturated heterocycles. The monoisotopic (exact) mass is 344 g/mol. The fraction of sp³-hybridized carbons (Fsp3) is 0.167. The molecule has 2 N–H and O–H groups in total. The largest absolute Gasteiger partial charge is 0.352 e. The summed E-state index contributed by atoms with van der Waals surface area (Å²) >= 11 is 11.6. The quantitative estimate of drug-likeness (QED) is 0.752. The molecule has 0 fully saturated rings. The summed E-state index contributed by atoms with van der Waals surface area (Å²) in [4.78, 5) is 0. The van der Waals surface area contributed by atoms with Crippen LogP contribution >= 0.6 is 23.8 Å². The minimum atomic E-state index is -0.333. The number of fused-ring (bicyclic) bond motifs is 2. The number of hydrogen-bond acceptors (Lipinski definition) is 1. The molecule has 1 atom stereocenters. The van der Waals surface area contributed by atoms with Gasteiger partial charge in [0.15, 0.2) is 5.11 Å². The van der Waals surface area contributed by atoms with Gasteiger partial charge in [0.05, 0.1) is 6.04 Å². The second kappa shape index (κ2) is 5.62.